The predicted molar refractivity (Wildman–Crippen MR) is 73.1 cm³/mol. The summed E-state index contributed by atoms with van der Waals surface area (Å²) in [5.41, 5.74) is 0.393. The van der Waals surface area contributed by atoms with Gasteiger partial charge in [-0.2, -0.15) is 0 Å². The molecule has 1 aliphatic rings. The van der Waals surface area contributed by atoms with Gasteiger partial charge in [0.1, 0.15) is 10.7 Å². The highest BCUT2D eigenvalue weighted by Gasteiger charge is 2.26. The second-order valence-corrected chi connectivity index (χ2v) is 5.46. The third kappa shape index (κ3) is 3.30. The lowest BCUT2D eigenvalue weighted by Crippen LogP contribution is -2.35. The van der Waals surface area contributed by atoms with Gasteiger partial charge in [0.2, 0.25) is 5.91 Å². The summed E-state index contributed by atoms with van der Waals surface area (Å²) in [7, 11) is 3.61. The Bertz CT molecular complexity index is 474. The minimum Gasteiger partial charge on any atom is -0.358 e. The van der Waals surface area contributed by atoms with Gasteiger partial charge in [-0.1, -0.05) is 0 Å². The first-order valence-corrected chi connectivity index (χ1v) is 7.14. The van der Waals surface area contributed by atoms with Gasteiger partial charge in [0.25, 0.3) is 5.91 Å². The Morgan fingerprint density at radius 2 is 2.37 bits per heavy atom. The number of rotatable bonds is 4. The van der Waals surface area contributed by atoms with Crippen molar-refractivity contribution in [2.45, 2.75) is 18.9 Å². The molecular weight excluding hydrogens is 264 g/mol. The fourth-order valence-corrected chi connectivity index (χ4v) is 3.10. The molecule has 0 bridgehead atoms. The summed E-state index contributed by atoms with van der Waals surface area (Å²) in [4.78, 5) is 29.5. The number of thiazole rings is 1. The second kappa shape index (κ2) is 6.12. The molecule has 1 unspecified atom stereocenters. The van der Waals surface area contributed by atoms with Gasteiger partial charge in [-0.3, -0.25) is 14.5 Å². The number of likely N-dealkylation sites (tertiary alicyclic amines) is 1. The van der Waals surface area contributed by atoms with Gasteiger partial charge in [0, 0.05) is 12.4 Å². The van der Waals surface area contributed by atoms with E-state index in [2.05, 4.69) is 27.6 Å². The van der Waals surface area contributed by atoms with Crippen LogP contribution in [0.5, 0.6) is 0 Å². The highest BCUT2D eigenvalue weighted by molar-refractivity contribution is 7.09. The smallest absolute Gasteiger partial charge is 0.271 e. The number of amides is 2. The molecule has 1 aromatic heterocycles. The van der Waals surface area contributed by atoms with E-state index >= 15 is 0 Å². The maximum Gasteiger partial charge on any atom is 0.271 e. The highest BCUT2D eigenvalue weighted by Crippen LogP contribution is 2.32. The monoisotopic (exact) mass is 282 g/mol. The van der Waals surface area contributed by atoms with Crippen molar-refractivity contribution in [1.82, 2.24) is 20.5 Å². The van der Waals surface area contributed by atoms with Crippen molar-refractivity contribution in [3.63, 3.8) is 0 Å². The SMILES string of the molecule is CNC(=O)CNC(=O)c1csc(C2CCCN2C)n1. The van der Waals surface area contributed by atoms with E-state index in [-0.39, 0.29) is 18.4 Å². The van der Waals surface area contributed by atoms with Gasteiger partial charge >= 0.3 is 0 Å². The van der Waals surface area contributed by atoms with Crippen molar-refractivity contribution < 1.29 is 9.59 Å². The first kappa shape index (κ1) is 14.0. The van der Waals surface area contributed by atoms with E-state index in [1.165, 1.54) is 24.8 Å². The fraction of sp³-hybridized carbons (Fsp3) is 0.583. The first-order chi connectivity index (χ1) is 9.11. The van der Waals surface area contributed by atoms with Crippen molar-refractivity contribution >= 4 is 23.2 Å². The van der Waals surface area contributed by atoms with Crippen LogP contribution < -0.4 is 10.6 Å². The molecule has 1 atom stereocenters. The molecule has 6 nitrogen and oxygen atoms in total. The maximum atomic E-state index is 11.8. The van der Waals surface area contributed by atoms with Gasteiger partial charge < -0.3 is 10.6 Å². The number of nitrogens with one attached hydrogen (secondary N) is 2. The normalized spacial score (nSPS) is 19.4. The van der Waals surface area contributed by atoms with Crippen LogP contribution in [-0.4, -0.2) is 48.9 Å². The zero-order valence-corrected chi connectivity index (χ0v) is 11.9. The standard InChI is InChI=1S/C12H18N4O2S/c1-13-10(17)6-14-11(18)8-7-19-12(15-8)9-4-3-5-16(9)2/h7,9H,3-6H2,1-2H3,(H,13,17)(H,14,18). The van der Waals surface area contributed by atoms with E-state index in [1.54, 1.807) is 5.38 Å². The summed E-state index contributed by atoms with van der Waals surface area (Å²) >= 11 is 1.50. The second-order valence-electron chi connectivity index (χ2n) is 4.57. The molecule has 0 radical (unpaired) electrons. The van der Waals surface area contributed by atoms with Crippen LogP contribution in [0, 0.1) is 0 Å². The molecule has 7 heteroatoms. The highest BCUT2D eigenvalue weighted by atomic mass is 32.1. The molecule has 1 saturated heterocycles. The average Bonchev–Trinajstić information content (AvgIpc) is 3.03. The number of likely N-dealkylation sites (N-methyl/N-ethyl adjacent to an activating group) is 1. The van der Waals surface area contributed by atoms with E-state index < -0.39 is 0 Å². The Morgan fingerprint density at radius 1 is 1.58 bits per heavy atom. The Morgan fingerprint density at radius 3 is 3.00 bits per heavy atom. The zero-order chi connectivity index (χ0) is 13.8. The average molecular weight is 282 g/mol. The van der Waals surface area contributed by atoms with Crippen LogP contribution in [-0.2, 0) is 4.79 Å². The van der Waals surface area contributed by atoms with Crippen LogP contribution in [0.1, 0.15) is 34.4 Å². The third-order valence-corrected chi connectivity index (χ3v) is 4.19. The van der Waals surface area contributed by atoms with Crippen LogP contribution >= 0.6 is 11.3 Å². The fourth-order valence-electron chi connectivity index (χ4n) is 2.11. The Kier molecular flexibility index (Phi) is 4.49. The molecular formula is C12H18N4O2S. The molecule has 0 aromatic carbocycles. The summed E-state index contributed by atoms with van der Waals surface area (Å²) in [5.74, 6) is -0.522. The molecule has 19 heavy (non-hydrogen) atoms. The molecule has 2 rings (SSSR count). The van der Waals surface area contributed by atoms with E-state index in [9.17, 15) is 9.59 Å². The van der Waals surface area contributed by atoms with Crippen molar-refractivity contribution in [3.8, 4) is 0 Å². The minimum atomic E-state index is -0.299. The molecule has 1 aromatic rings. The largest absolute Gasteiger partial charge is 0.358 e. The molecule has 2 N–H and O–H groups in total. The molecule has 104 valence electrons. The summed E-state index contributed by atoms with van der Waals surface area (Å²) in [6.45, 7) is 1.05. The number of hydrogen-bond donors (Lipinski definition) is 2. The Hall–Kier alpha value is -1.47. The predicted octanol–water partition coefficient (Wildman–Crippen LogP) is 0.386. The summed E-state index contributed by atoms with van der Waals surface area (Å²) in [6, 6.07) is 0.325. The van der Waals surface area contributed by atoms with E-state index in [1.807, 2.05) is 0 Å². The van der Waals surface area contributed by atoms with Gasteiger partial charge in [0.15, 0.2) is 0 Å². The van der Waals surface area contributed by atoms with Crippen LogP contribution in [0.25, 0.3) is 0 Å². The quantitative estimate of drug-likeness (QED) is 0.837. The van der Waals surface area contributed by atoms with Gasteiger partial charge in [0.05, 0.1) is 12.6 Å². The van der Waals surface area contributed by atoms with Crippen LogP contribution in [0.3, 0.4) is 0 Å². The maximum absolute atomic E-state index is 11.8. The topological polar surface area (TPSA) is 74.3 Å². The summed E-state index contributed by atoms with van der Waals surface area (Å²) in [6.07, 6.45) is 2.25. The van der Waals surface area contributed by atoms with Crippen molar-refractivity contribution in [2.24, 2.45) is 0 Å². The van der Waals surface area contributed by atoms with Crippen LogP contribution in [0.2, 0.25) is 0 Å². The third-order valence-electron chi connectivity index (χ3n) is 3.25. The zero-order valence-electron chi connectivity index (χ0n) is 11.1. The van der Waals surface area contributed by atoms with Crippen molar-refractivity contribution in [2.75, 3.05) is 27.2 Å². The molecule has 0 spiro atoms. The van der Waals surface area contributed by atoms with Crippen molar-refractivity contribution in [1.29, 1.82) is 0 Å². The van der Waals surface area contributed by atoms with Crippen molar-refractivity contribution in [3.05, 3.63) is 16.1 Å². The van der Waals surface area contributed by atoms with E-state index in [0.29, 0.717) is 11.7 Å². The Balaban J connectivity index is 1.96. The lowest BCUT2D eigenvalue weighted by Gasteiger charge is -2.16. The number of hydrogen-bond acceptors (Lipinski definition) is 5. The molecule has 0 saturated carbocycles. The molecule has 1 fully saturated rings. The van der Waals surface area contributed by atoms with E-state index in [0.717, 1.165) is 18.0 Å². The molecule has 0 aliphatic carbocycles. The first-order valence-electron chi connectivity index (χ1n) is 6.26. The number of carbonyl (C=O) groups excluding carboxylic acids is 2. The number of aromatic nitrogens is 1. The van der Waals surface area contributed by atoms with Gasteiger partial charge in [-0.15, -0.1) is 11.3 Å². The molecule has 1 aliphatic heterocycles. The minimum absolute atomic E-state index is 0.0223. The van der Waals surface area contributed by atoms with E-state index in [4.69, 9.17) is 0 Å². The molecule has 2 amide bonds. The van der Waals surface area contributed by atoms with Crippen LogP contribution in [0.15, 0.2) is 5.38 Å². The number of nitrogens with zero attached hydrogens (tertiary/aromatic N) is 2. The lowest BCUT2D eigenvalue weighted by molar-refractivity contribution is -0.119. The van der Waals surface area contributed by atoms with Gasteiger partial charge in [-0.25, -0.2) is 4.98 Å². The molecule has 2 heterocycles. The Labute approximate surface area is 116 Å². The number of carbonyl (C=O) groups is 2. The lowest BCUT2D eigenvalue weighted by atomic mass is 10.2. The summed E-state index contributed by atoms with van der Waals surface area (Å²) < 4.78 is 0. The van der Waals surface area contributed by atoms with Gasteiger partial charge in [-0.05, 0) is 26.4 Å². The van der Waals surface area contributed by atoms with Crippen LogP contribution in [0.4, 0.5) is 0 Å². The summed E-state index contributed by atoms with van der Waals surface area (Å²) in [5, 5.41) is 7.72.